The average molecular weight is 480 g/mol. The molecule has 2 N–H and O–H groups in total. The van der Waals surface area contributed by atoms with Gasteiger partial charge in [-0.25, -0.2) is 8.42 Å². The van der Waals surface area contributed by atoms with Gasteiger partial charge in [0.1, 0.15) is 17.1 Å². The number of nitrogens with zero attached hydrogens (tertiary/aromatic N) is 2. The minimum atomic E-state index is -3.91. The molecule has 1 heterocycles. The van der Waals surface area contributed by atoms with Crippen LogP contribution in [0.5, 0.6) is 11.5 Å². The number of nitro groups is 1. The number of ether oxygens (including phenoxy) is 1. The first kappa shape index (κ1) is 23.0. The van der Waals surface area contributed by atoms with Gasteiger partial charge in [0, 0.05) is 29.6 Å². The molecule has 0 aliphatic carbocycles. The molecule has 3 aromatic rings. The number of non-ortho nitro benzene ring substituents is 1. The summed E-state index contributed by atoms with van der Waals surface area (Å²) in [5, 5.41) is 21.3. The number of hydrogen-bond donors (Lipinski definition) is 2. The van der Waals surface area contributed by atoms with Crippen molar-refractivity contribution in [3.8, 4) is 11.5 Å². The number of phenolic OH excluding ortho intramolecular Hbond substituents is 1. The largest absolute Gasteiger partial charge is 0.506 e. The van der Waals surface area contributed by atoms with Gasteiger partial charge in [-0.05, 0) is 74.5 Å². The lowest BCUT2D eigenvalue weighted by Gasteiger charge is -2.28. The van der Waals surface area contributed by atoms with Crippen molar-refractivity contribution in [2.24, 2.45) is 4.99 Å². The molecule has 0 amide bonds. The molecule has 1 aliphatic heterocycles. The SMILES string of the molecule is CC1(C)C=Cc2c(ccc(C=Nc3ccc(NS(=O)(=O)c4ccc([N+](=O)[O-])cc4)cc3)c2O)O1. The summed E-state index contributed by atoms with van der Waals surface area (Å²) in [6.07, 6.45) is 5.20. The number of nitrogens with one attached hydrogen (secondary N) is 1. The second-order valence-corrected chi connectivity index (χ2v) is 9.80. The van der Waals surface area contributed by atoms with Crippen LogP contribution in [0.25, 0.3) is 6.08 Å². The summed E-state index contributed by atoms with van der Waals surface area (Å²) < 4.78 is 33.3. The maximum atomic E-state index is 12.5. The van der Waals surface area contributed by atoms with Gasteiger partial charge in [0.2, 0.25) is 0 Å². The Labute approximate surface area is 196 Å². The second-order valence-electron chi connectivity index (χ2n) is 8.12. The third-order valence-corrected chi connectivity index (χ3v) is 6.46. The monoisotopic (exact) mass is 479 g/mol. The number of benzene rings is 3. The molecule has 0 saturated carbocycles. The predicted molar refractivity (Wildman–Crippen MR) is 129 cm³/mol. The number of rotatable bonds is 6. The molecule has 34 heavy (non-hydrogen) atoms. The van der Waals surface area contributed by atoms with Crippen LogP contribution in [0.15, 0.2) is 76.6 Å². The molecule has 9 nitrogen and oxygen atoms in total. The molecule has 4 rings (SSSR count). The van der Waals surface area contributed by atoms with E-state index in [2.05, 4.69) is 9.71 Å². The normalized spacial score (nSPS) is 14.4. The lowest BCUT2D eigenvalue weighted by molar-refractivity contribution is -0.384. The maximum Gasteiger partial charge on any atom is 0.269 e. The summed E-state index contributed by atoms with van der Waals surface area (Å²) >= 11 is 0. The van der Waals surface area contributed by atoms with E-state index < -0.39 is 20.5 Å². The predicted octanol–water partition coefficient (Wildman–Crippen LogP) is 5.04. The number of fused-ring (bicyclic) bond motifs is 1. The van der Waals surface area contributed by atoms with E-state index in [9.17, 15) is 23.6 Å². The van der Waals surface area contributed by atoms with Crippen LogP contribution in [-0.4, -0.2) is 30.3 Å². The molecule has 0 fully saturated rings. The summed E-state index contributed by atoms with van der Waals surface area (Å²) in [7, 11) is -3.91. The zero-order chi connectivity index (χ0) is 24.5. The highest BCUT2D eigenvalue weighted by molar-refractivity contribution is 7.92. The van der Waals surface area contributed by atoms with Crippen LogP contribution in [0, 0.1) is 10.1 Å². The van der Waals surface area contributed by atoms with E-state index in [1.54, 1.807) is 36.4 Å². The first-order valence-electron chi connectivity index (χ1n) is 10.2. The maximum absolute atomic E-state index is 12.5. The highest BCUT2D eigenvalue weighted by atomic mass is 32.2. The van der Waals surface area contributed by atoms with Crippen LogP contribution in [0.2, 0.25) is 0 Å². The third-order valence-electron chi connectivity index (χ3n) is 5.06. The Morgan fingerprint density at radius 3 is 2.38 bits per heavy atom. The smallest absolute Gasteiger partial charge is 0.269 e. The Morgan fingerprint density at radius 1 is 1.06 bits per heavy atom. The standard InChI is InChI=1S/C24H21N3O6S/c1-24(2)14-13-21-22(33-24)12-3-16(23(21)28)15-25-17-4-6-18(7-5-17)26-34(31,32)20-10-8-19(9-11-20)27(29)30/h3-15,26,28H,1-2H3. The zero-order valence-corrected chi connectivity index (χ0v) is 19.1. The van der Waals surface area contributed by atoms with Crippen molar-refractivity contribution in [1.29, 1.82) is 0 Å². The highest BCUT2D eigenvalue weighted by Gasteiger charge is 2.24. The first-order valence-corrected chi connectivity index (χ1v) is 11.7. The average Bonchev–Trinajstić information content (AvgIpc) is 2.79. The number of phenols is 1. The zero-order valence-electron chi connectivity index (χ0n) is 18.3. The van der Waals surface area contributed by atoms with E-state index in [0.29, 0.717) is 28.3 Å². The molecule has 3 aromatic carbocycles. The van der Waals surface area contributed by atoms with E-state index in [0.717, 1.165) is 12.1 Å². The lowest BCUT2D eigenvalue weighted by atomic mass is 10.00. The molecule has 1 aliphatic rings. The summed E-state index contributed by atoms with van der Waals surface area (Å²) in [5.41, 5.74) is 1.30. The van der Waals surface area contributed by atoms with Crippen molar-refractivity contribution in [3.63, 3.8) is 0 Å². The van der Waals surface area contributed by atoms with Gasteiger partial charge in [-0.3, -0.25) is 19.8 Å². The molecule has 0 bridgehead atoms. The summed E-state index contributed by atoms with van der Waals surface area (Å²) in [4.78, 5) is 14.4. The van der Waals surface area contributed by atoms with Gasteiger partial charge in [0.05, 0.1) is 21.1 Å². The van der Waals surface area contributed by atoms with Gasteiger partial charge >= 0.3 is 0 Å². The number of hydrogen-bond acceptors (Lipinski definition) is 7. The van der Waals surface area contributed by atoms with Crippen LogP contribution >= 0.6 is 0 Å². The Hall–Kier alpha value is -4.18. The highest BCUT2D eigenvalue weighted by Crippen LogP contribution is 2.38. The molecule has 0 atom stereocenters. The lowest BCUT2D eigenvalue weighted by Crippen LogP contribution is -2.27. The van der Waals surface area contributed by atoms with E-state index in [-0.39, 0.29) is 16.3 Å². The number of aromatic hydroxyl groups is 1. The van der Waals surface area contributed by atoms with E-state index >= 15 is 0 Å². The van der Waals surface area contributed by atoms with Crippen molar-refractivity contribution in [2.45, 2.75) is 24.3 Å². The van der Waals surface area contributed by atoms with Gasteiger partial charge in [-0.15, -0.1) is 0 Å². The molecule has 0 spiro atoms. The second kappa shape index (κ2) is 8.64. The number of anilines is 1. The van der Waals surface area contributed by atoms with Crippen molar-refractivity contribution in [3.05, 3.63) is 88.0 Å². The number of nitro benzene ring substituents is 1. The fourth-order valence-corrected chi connectivity index (χ4v) is 4.34. The topological polar surface area (TPSA) is 131 Å². The summed E-state index contributed by atoms with van der Waals surface area (Å²) in [6.45, 7) is 3.85. The summed E-state index contributed by atoms with van der Waals surface area (Å²) in [6, 6.07) is 14.4. The van der Waals surface area contributed by atoms with Crippen LogP contribution in [0.4, 0.5) is 17.1 Å². The van der Waals surface area contributed by atoms with E-state index in [1.807, 2.05) is 26.0 Å². The molecule has 10 heteroatoms. The fraction of sp³-hybridized carbons (Fsp3) is 0.125. The van der Waals surface area contributed by atoms with Crippen molar-refractivity contribution in [1.82, 2.24) is 0 Å². The van der Waals surface area contributed by atoms with Crippen LogP contribution in [-0.2, 0) is 10.0 Å². The number of aliphatic imine (C=N–C) groups is 1. The van der Waals surface area contributed by atoms with Gasteiger partial charge in [-0.1, -0.05) is 0 Å². The molecule has 174 valence electrons. The van der Waals surface area contributed by atoms with Crippen molar-refractivity contribution >= 4 is 39.4 Å². The van der Waals surface area contributed by atoms with Gasteiger partial charge < -0.3 is 9.84 Å². The van der Waals surface area contributed by atoms with Crippen molar-refractivity contribution < 1.29 is 23.2 Å². The van der Waals surface area contributed by atoms with Gasteiger partial charge in [0.15, 0.2) is 0 Å². The minimum Gasteiger partial charge on any atom is -0.506 e. The Morgan fingerprint density at radius 2 is 1.74 bits per heavy atom. The van der Waals surface area contributed by atoms with E-state index in [1.165, 1.54) is 18.3 Å². The number of sulfonamides is 1. The molecule has 0 saturated heterocycles. The van der Waals surface area contributed by atoms with Crippen molar-refractivity contribution in [2.75, 3.05) is 4.72 Å². The quantitative estimate of drug-likeness (QED) is 0.289. The third kappa shape index (κ3) is 4.91. The van der Waals surface area contributed by atoms with Gasteiger partial charge in [0.25, 0.3) is 15.7 Å². The van der Waals surface area contributed by atoms with Crippen LogP contribution in [0.3, 0.4) is 0 Å². The Balaban J connectivity index is 1.48. The Bertz CT molecular complexity index is 1410. The Kier molecular flexibility index (Phi) is 5.84. The minimum absolute atomic E-state index is 0.0560. The van der Waals surface area contributed by atoms with Gasteiger partial charge in [-0.2, -0.15) is 0 Å². The van der Waals surface area contributed by atoms with Crippen LogP contribution < -0.4 is 9.46 Å². The molecule has 0 radical (unpaired) electrons. The van der Waals surface area contributed by atoms with E-state index in [4.69, 9.17) is 4.74 Å². The first-order chi connectivity index (χ1) is 16.0. The van der Waals surface area contributed by atoms with Crippen LogP contribution in [0.1, 0.15) is 25.0 Å². The molecular formula is C24H21N3O6S. The molecule has 0 aromatic heterocycles. The fourth-order valence-electron chi connectivity index (χ4n) is 3.28. The molecular weight excluding hydrogens is 458 g/mol. The molecule has 0 unspecified atom stereocenters. The summed E-state index contributed by atoms with van der Waals surface area (Å²) in [5.74, 6) is 0.646.